The van der Waals surface area contributed by atoms with Gasteiger partial charge in [0.25, 0.3) is 0 Å². The average Bonchev–Trinajstić information content (AvgIpc) is 1.96. The third-order valence-electron chi connectivity index (χ3n) is 1.21. The fourth-order valence-electron chi connectivity index (χ4n) is 0.718. The Morgan fingerprint density at radius 2 is 2.00 bits per heavy atom. The molecule has 0 unspecified atom stereocenters. The van der Waals surface area contributed by atoms with E-state index >= 15 is 0 Å². The number of rotatable bonds is 1. The minimum Gasteiger partial charge on any atom is -0.298 e. The van der Waals surface area contributed by atoms with Crippen molar-refractivity contribution in [2.24, 2.45) is 0 Å². The zero-order chi connectivity index (χ0) is 8.43. The highest BCUT2D eigenvalue weighted by molar-refractivity contribution is 6.32. The molecular formula is C7H3BF2O. The van der Waals surface area contributed by atoms with Gasteiger partial charge in [-0.15, -0.1) is 0 Å². The first-order valence-corrected chi connectivity index (χ1v) is 2.85. The molecule has 0 N–H and O–H groups in total. The standard InChI is InChI=1S/C7H3BF2O/c8-5-1-4(3-11)7(10)6(9)2-5/h1-3H. The lowest BCUT2D eigenvalue weighted by atomic mass is 9.94. The second-order valence-corrected chi connectivity index (χ2v) is 2.02. The summed E-state index contributed by atoms with van der Waals surface area (Å²) in [5.74, 6) is -2.26. The van der Waals surface area contributed by atoms with E-state index in [9.17, 15) is 13.6 Å². The fourth-order valence-corrected chi connectivity index (χ4v) is 0.718. The summed E-state index contributed by atoms with van der Waals surface area (Å²) >= 11 is 0. The molecule has 54 valence electrons. The number of halogens is 2. The van der Waals surface area contributed by atoms with Crippen molar-refractivity contribution in [3.05, 3.63) is 29.3 Å². The summed E-state index contributed by atoms with van der Waals surface area (Å²) in [5, 5.41) is 0. The van der Waals surface area contributed by atoms with Crippen LogP contribution in [0.15, 0.2) is 12.1 Å². The summed E-state index contributed by atoms with van der Waals surface area (Å²) in [6.07, 6.45) is 0.217. The predicted octanol–water partition coefficient (Wildman–Crippen LogP) is 0.571. The summed E-state index contributed by atoms with van der Waals surface area (Å²) < 4.78 is 24.9. The van der Waals surface area contributed by atoms with Crippen molar-refractivity contribution in [3.63, 3.8) is 0 Å². The Bertz CT molecular complexity index is 299. The number of aldehydes is 1. The molecule has 0 spiro atoms. The van der Waals surface area contributed by atoms with Crippen LogP contribution >= 0.6 is 0 Å². The number of benzene rings is 1. The molecule has 0 amide bonds. The lowest BCUT2D eigenvalue weighted by molar-refractivity contribution is 0.111. The van der Waals surface area contributed by atoms with Crippen LogP contribution in [0.25, 0.3) is 0 Å². The quantitative estimate of drug-likeness (QED) is 0.424. The first-order valence-electron chi connectivity index (χ1n) is 2.85. The lowest BCUT2D eigenvalue weighted by Crippen LogP contribution is -2.07. The Morgan fingerprint density at radius 3 is 2.55 bits per heavy atom. The van der Waals surface area contributed by atoms with Gasteiger partial charge in [0.15, 0.2) is 17.9 Å². The number of carbonyl (C=O) groups is 1. The normalized spacial score (nSPS) is 9.64. The first kappa shape index (κ1) is 7.92. The van der Waals surface area contributed by atoms with Crippen molar-refractivity contribution in [2.45, 2.75) is 0 Å². The molecule has 0 aliphatic heterocycles. The second-order valence-electron chi connectivity index (χ2n) is 2.02. The average molecular weight is 152 g/mol. The third-order valence-corrected chi connectivity index (χ3v) is 1.21. The van der Waals surface area contributed by atoms with Gasteiger partial charge < -0.3 is 0 Å². The molecule has 1 nitrogen and oxygen atoms in total. The molecule has 1 aromatic rings. The molecule has 0 saturated heterocycles. The maximum atomic E-state index is 12.5. The van der Waals surface area contributed by atoms with E-state index < -0.39 is 11.6 Å². The number of hydrogen-bond acceptors (Lipinski definition) is 1. The van der Waals surface area contributed by atoms with Gasteiger partial charge in [0.05, 0.1) is 5.56 Å². The highest BCUT2D eigenvalue weighted by Gasteiger charge is 2.07. The maximum Gasteiger partial charge on any atom is 0.169 e. The fraction of sp³-hybridized carbons (Fsp3) is 0. The SMILES string of the molecule is [B]c1cc(F)c(F)c(C=O)c1. The molecule has 0 aliphatic rings. The largest absolute Gasteiger partial charge is 0.298 e. The van der Waals surface area contributed by atoms with Gasteiger partial charge in [-0.3, -0.25) is 4.79 Å². The van der Waals surface area contributed by atoms with Gasteiger partial charge in [-0.1, -0.05) is 11.5 Å². The molecule has 11 heavy (non-hydrogen) atoms. The van der Waals surface area contributed by atoms with Gasteiger partial charge in [-0.2, -0.15) is 0 Å². The van der Waals surface area contributed by atoms with Crippen LogP contribution in [-0.4, -0.2) is 14.1 Å². The van der Waals surface area contributed by atoms with E-state index in [4.69, 9.17) is 7.85 Å². The van der Waals surface area contributed by atoms with Crippen LogP contribution in [0.5, 0.6) is 0 Å². The third kappa shape index (κ3) is 1.45. The summed E-state index contributed by atoms with van der Waals surface area (Å²) in [7, 11) is 5.14. The highest BCUT2D eigenvalue weighted by atomic mass is 19.2. The molecule has 1 rings (SSSR count). The molecule has 0 aromatic heterocycles. The van der Waals surface area contributed by atoms with Crippen molar-refractivity contribution < 1.29 is 13.6 Å². The van der Waals surface area contributed by atoms with E-state index in [0.29, 0.717) is 0 Å². The minimum absolute atomic E-state index is 0.0333. The van der Waals surface area contributed by atoms with E-state index in [0.717, 1.165) is 12.1 Å². The van der Waals surface area contributed by atoms with Gasteiger partial charge in [0.2, 0.25) is 0 Å². The second kappa shape index (κ2) is 2.82. The summed E-state index contributed by atoms with van der Waals surface area (Å²) in [4.78, 5) is 10.1. The van der Waals surface area contributed by atoms with Gasteiger partial charge in [0, 0.05) is 0 Å². The van der Waals surface area contributed by atoms with Crippen LogP contribution in [0.4, 0.5) is 8.78 Å². The Labute approximate surface area is 63.4 Å². The molecule has 0 saturated carbocycles. The highest BCUT2D eigenvalue weighted by Crippen LogP contribution is 2.06. The van der Waals surface area contributed by atoms with Crippen LogP contribution in [0.3, 0.4) is 0 Å². The topological polar surface area (TPSA) is 17.1 Å². The predicted molar refractivity (Wildman–Crippen MR) is 37.1 cm³/mol. The minimum atomic E-state index is -1.16. The summed E-state index contributed by atoms with van der Waals surface area (Å²) in [5.41, 5.74) is -0.325. The summed E-state index contributed by atoms with van der Waals surface area (Å²) in [6, 6.07) is 1.90. The van der Waals surface area contributed by atoms with Crippen molar-refractivity contribution in [3.8, 4) is 0 Å². The zero-order valence-corrected chi connectivity index (χ0v) is 5.47. The van der Waals surface area contributed by atoms with E-state index in [1.807, 2.05) is 0 Å². The lowest BCUT2D eigenvalue weighted by Gasteiger charge is -1.97. The van der Waals surface area contributed by atoms with Gasteiger partial charge >= 0.3 is 0 Å². The molecular weight excluding hydrogens is 149 g/mol. The van der Waals surface area contributed by atoms with Gasteiger partial charge in [0.1, 0.15) is 7.85 Å². The van der Waals surface area contributed by atoms with E-state index in [1.165, 1.54) is 0 Å². The van der Waals surface area contributed by atoms with Crippen LogP contribution in [-0.2, 0) is 0 Å². The monoisotopic (exact) mass is 152 g/mol. The molecule has 0 fully saturated rings. The van der Waals surface area contributed by atoms with E-state index in [-0.39, 0.29) is 17.3 Å². The molecule has 4 heteroatoms. The van der Waals surface area contributed by atoms with Gasteiger partial charge in [-0.05, 0) is 6.07 Å². The molecule has 0 bridgehead atoms. The van der Waals surface area contributed by atoms with Crippen molar-refractivity contribution in [1.29, 1.82) is 0 Å². The van der Waals surface area contributed by atoms with Crippen LogP contribution in [0, 0.1) is 11.6 Å². The Balaban J connectivity index is 3.35. The molecule has 0 atom stereocenters. The summed E-state index contributed by atoms with van der Waals surface area (Å²) in [6.45, 7) is 0. The smallest absolute Gasteiger partial charge is 0.169 e. The van der Waals surface area contributed by atoms with Crippen molar-refractivity contribution in [1.82, 2.24) is 0 Å². The van der Waals surface area contributed by atoms with Crippen LogP contribution in [0.1, 0.15) is 10.4 Å². The van der Waals surface area contributed by atoms with Crippen LogP contribution < -0.4 is 5.46 Å². The molecule has 2 radical (unpaired) electrons. The Morgan fingerprint density at radius 1 is 1.36 bits per heavy atom. The maximum absolute atomic E-state index is 12.5. The van der Waals surface area contributed by atoms with Crippen molar-refractivity contribution in [2.75, 3.05) is 0 Å². The van der Waals surface area contributed by atoms with Gasteiger partial charge in [-0.25, -0.2) is 8.78 Å². The first-order chi connectivity index (χ1) is 5.15. The van der Waals surface area contributed by atoms with Crippen molar-refractivity contribution >= 4 is 19.6 Å². The van der Waals surface area contributed by atoms with Crippen LogP contribution in [0.2, 0.25) is 0 Å². The number of hydrogen-bond donors (Lipinski definition) is 0. The molecule has 0 heterocycles. The molecule has 1 aromatic carbocycles. The van der Waals surface area contributed by atoms with E-state index in [1.54, 1.807) is 0 Å². The Kier molecular flexibility index (Phi) is 2.03. The van der Waals surface area contributed by atoms with E-state index in [2.05, 4.69) is 0 Å². The zero-order valence-electron chi connectivity index (χ0n) is 5.47. The number of carbonyl (C=O) groups excluding carboxylic acids is 1. The molecule has 0 aliphatic carbocycles. The Hall–Kier alpha value is -1.19.